The molecule has 0 aromatic heterocycles. The van der Waals surface area contributed by atoms with Gasteiger partial charge in [0.05, 0.1) is 11.2 Å². The molecule has 0 N–H and O–H groups in total. The fraction of sp³-hybridized carbons (Fsp3) is 0.250. The van der Waals surface area contributed by atoms with Gasteiger partial charge in [-0.1, -0.05) is 6.07 Å². The summed E-state index contributed by atoms with van der Waals surface area (Å²) < 4.78 is 26.2. The van der Waals surface area contributed by atoms with E-state index in [1.807, 2.05) is 0 Å². The maximum atomic E-state index is 10.8. The van der Waals surface area contributed by atoms with Crippen LogP contribution in [0.5, 0.6) is 5.75 Å². The van der Waals surface area contributed by atoms with E-state index in [-0.39, 0.29) is 11.4 Å². The summed E-state index contributed by atoms with van der Waals surface area (Å²) in [4.78, 5) is 9.86. The third-order valence-corrected chi connectivity index (χ3v) is 2.04. The highest BCUT2D eigenvalue weighted by Crippen LogP contribution is 2.28. The third-order valence-electron chi connectivity index (χ3n) is 1.55. The molecule has 1 aromatic carbocycles. The summed E-state index contributed by atoms with van der Waals surface area (Å²) in [7, 11) is -3.75. The number of benzene rings is 1. The van der Waals surface area contributed by atoms with Gasteiger partial charge < -0.3 is 4.18 Å². The predicted molar refractivity (Wildman–Crippen MR) is 53.3 cm³/mol. The van der Waals surface area contributed by atoms with E-state index in [9.17, 15) is 18.5 Å². The van der Waals surface area contributed by atoms with Crippen LogP contribution >= 0.6 is 0 Å². The van der Waals surface area contributed by atoms with Crippen LogP contribution in [0.15, 0.2) is 18.2 Å². The van der Waals surface area contributed by atoms with E-state index in [1.54, 1.807) is 6.92 Å². The Hall–Kier alpha value is -1.63. The molecule has 0 unspecified atom stereocenters. The van der Waals surface area contributed by atoms with Crippen molar-refractivity contribution in [3.05, 3.63) is 33.9 Å². The first kappa shape index (κ1) is 11.4. The highest BCUT2D eigenvalue weighted by atomic mass is 32.2. The molecule has 0 aliphatic carbocycles. The number of hydrogen-bond acceptors (Lipinski definition) is 5. The molecule has 7 heteroatoms. The molecule has 1 rings (SSSR count). The van der Waals surface area contributed by atoms with Crippen molar-refractivity contribution in [2.75, 3.05) is 6.26 Å². The normalized spacial score (nSPS) is 11.1. The first-order valence-electron chi connectivity index (χ1n) is 3.94. The molecular formula is C8H9NO5S. The molecule has 0 amide bonds. The average molecular weight is 231 g/mol. The summed E-state index contributed by atoms with van der Waals surface area (Å²) in [5.41, 5.74) is 0.310. The van der Waals surface area contributed by atoms with Crippen molar-refractivity contribution in [1.29, 1.82) is 0 Å². The Morgan fingerprint density at radius 1 is 1.40 bits per heavy atom. The molecule has 0 saturated carbocycles. The van der Waals surface area contributed by atoms with Crippen LogP contribution in [0.2, 0.25) is 0 Å². The molecule has 0 saturated heterocycles. The summed E-state index contributed by atoms with van der Waals surface area (Å²) in [5, 5.41) is 10.5. The molecule has 0 heterocycles. The largest absolute Gasteiger partial charge is 0.375 e. The van der Waals surface area contributed by atoms with Crippen LogP contribution in [0, 0.1) is 17.0 Å². The quantitative estimate of drug-likeness (QED) is 0.443. The van der Waals surface area contributed by atoms with Crippen LogP contribution in [0.3, 0.4) is 0 Å². The van der Waals surface area contributed by atoms with Crippen molar-refractivity contribution >= 4 is 15.8 Å². The van der Waals surface area contributed by atoms with Crippen LogP contribution < -0.4 is 4.18 Å². The second-order valence-corrected chi connectivity index (χ2v) is 4.59. The van der Waals surface area contributed by atoms with Gasteiger partial charge in [-0.2, -0.15) is 8.42 Å². The molecule has 15 heavy (non-hydrogen) atoms. The van der Waals surface area contributed by atoms with Crippen molar-refractivity contribution in [2.45, 2.75) is 6.92 Å². The van der Waals surface area contributed by atoms with Gasteiger partial charge in [-0.15, -0.1) is 0 Å². The highest BCUT2D eigenvalue weighted by molar-refractivity contribution is 7.86. The van der Waals surface area contributed by atoms with Gasteiger partial charge in [-0.25, -0.2) is 0 Å². The van der Waals surface area contributed by atoms with Crippen LogP contribution in [0.1, 0.15) is 5.56 Å². The summed E-state index contributed by atoms with van der Waals surface area (Å²) in [5.74, 6) is -0.262. The topological polar surface area (TPSA) is 86.5 Å². The molecule has 0 radical (unpaired) electrons. The monoisotopic (exact) mass is 231 g/mol. The molecule has 0 bridgehead atoms. The minimum atomic E-state index is -3.75. The minimum Gasteiger partial charge on any atom is -0.375 e. The number of hydrogen-bond donors (Lipinski definition) is 0. The van der Waals surface area contributed by atoms with Crippen molar-refractivity contribution in [3.63, 3.8) is 0 Å². The molecule has 1 aromatic rings. The van der Waals surface area contributed by atoms with Crippen molar-refractivity contribution < 1.29 is 17.5 Å². The smallest absolute Gasteiger partial charge is 0.312 e. The van der Waals surface area contributed by atoms with E-state index in [0.29, 0.717) is 5.56 Å². The minimum absolute atomic E-state index is 0.262. The Balaban J connectivity index is 3.25. The first-order chi connectivity index (χ1) is 6.79. The van der Waals surface area contributed by atoms with E-state index < -0.39 is 15.0 Å². The molecule has 6 nitrogen and oxygen atoms in total. The molecule has 0 atom stereocenters. The summed E-state index contributed by atoms with van der Waals surface area (Å²) in [6.07, 6.45) is 0.832. The van der Waals surface area contributed by atoms with Crippen molar-refractivity contribution in [3.8, 4) is 5.75 Å². The van der Waals surface area contributed by atoms with Crippen LogP contribution in [-0.4, -0.2) is 19.6 Å². The number of nitro benzene ring substituents is 1. The van der Waals surface area contributed by atoms with E-state index in [4.69, 9.17) is 0 Å². The Kier molecular flexibility index (Phi) is 2.94. The lowest BCUT2D eigenvalue weighted by molar-refractivity contribution is -0.385. The fourth-order valence-electron chi connectivity index (χ4n) is 1.00. The zero-order valence-electron chi connectivity index (χ0n) is 8.13. The predicted octanol–water partition coefficient (Wildman–Crippen LogP) is 1.24. The van der Waals surface area contributed by atoms with E-state index in [0.717, 1.165) is 6.26 Å². The van der Waals surface area contributed by atoms with Gasteiger partial charge in [0.25, 0.3) is 0 Å². The third kappa shape index (κ3) is 3.21. The van der Waals surface area contributed by atoms with Gasteiger partial charge in [-0.05, 0) is 18.6 Å². The Morgan fingerprint density at radius 3 is 2.47 bits per heavy atom. The summed E-state index contributed by atoms with van der Waals surface area (Å²) in [6.45, 7) is 1.68. The lowest BCUT2D eigenvalue weighted by atomic mass is 10.2. The van der Waals surface area contributed by atoms with Gasteiger partial charge >= 0.3 is 15.8 Å². The van der Waals surface area contributed by atoms with Crippen molar-refractivity contribution in [1.82, 2.24) is 0 Å². The molecule has 82 valence electrons. The van der Waals surface area contributed by atoms with Crippen LogP contribution in [-0.2, 0) is 10.1 Å². The number of nitro groups is 1. The number of nitrogens with zero attached hydrogens (tertiary/aromatic N) is 1. The first-order valence-corrected chi connectivity index (χ1v) is 5.76. The maximum absolute atomic E-state index is 10.8. The lowest BCUT2D eigenvalue weighted by Crippen LogP contribution is -2.07. The summed E-state index contributed by atoms with van der Waals surface area (Å²) >= 11 is 0. The second kappa shape index (κ2) is 3.85. The summed E-state index contributed by atoms with van der Waals surface area (Å²) in [6, 6.07) is 4.02. The second-order valence-electron chi connectivity index (χ2n) is 3.02. The molecule has 0 spiro atoms. The van der Waals surface area contributed by atoms with Gasteiger partial charge in [-0.3, -0.25) is 10.1 Å². The SMILES string of the molecule is Cc1ccc([N+](=O)[O-])c(OS(C)(=O)=O)c1. The highest BCUT2D eigenvalue weighted by Gasteiger charge is 2.18. The molecular weight excluding hydrogens is 222 g/mol. The fourth-order valence-corrected chi connectivity index (χ4v) is 1.46. The number of rotatable bonds is 3. The van der Waals surface area contributed by atoms with Crippen molar-refractivity contribution in [2.24, 2.45) is 0 Å². The van der Waals surface area contributed by atoms with Gasteiger partial charge in [0.1, 0.15) is 0 Å². The van der Waals surface area contributed by atoms with E-state index >= 15 is 0 Å². The average Bonchev–Trinajstić information content (AvgIpc) is 1.99. The zero-order chi connectivity index (χ0) is 11.6. The maximum Gasteiger partial charge on any atom is 0.312 e. The van der Waals surface area contributed by atoms with Gasteiger partial charge in [0.15, 0.2) is 0 Å². The lowest BCUT2D eigenvalue weighted by Gasteiger charge is -2.04. The molecule has 0 aliphatic rings. The van der Waals surface area contributed by atoms with Crippen LogP contribution in [0.4, 0.5) is 5.69 Å². The molecule has 0 fully saturated rings. The number of aryl methyl sites for hydroxylation is 1. The Morgan fingerprint density at radius 2 is 2.00 bits per heavy atom. The van der Waals surface area contributed by atoms with E-state index in [2.05, 4.69) is 4.18 Å². The standard InChI is InChI=1S/C8H9NO5S/c1-6-3-4-7(9(10)11)8(5-6)14-15(2,12)13/h3-5H,1-2H3. The van der Waals surface area contributed by atoms with Crippen LogP contribution in [0.25, 0.3) is 0 Å². The Labute approximate surface area is 86.8 Å². The van der Waals surface area contributed by atoms with Gasteiger partial charge in [0.2, 0.25) is 5.75 Å². The molecule has 0 aliphatic heterocycles. The Bertz CT molecular complexity index is 494. The van der Waals surface area contributed by atoms with E-state index in [1.165, 1.54) is 18.2 Å². The zero-order valence-corrected chi connectivity index (χ0v) is 8.95. The van der Waals surface area contributed by atoms with Gasteiger partial charge in [0, 0.05) is 6.07 Å².